The molecule has 1 aromatic heterocycles. The molecule has 2 saturated heterocycles. The van der Waals surface area contributed by atoms with Gasteiger partial charge in [0.25, 0.3) is 0 Å². The van der Waals surface area contributed by atoms with Gasteiger partial charge in [0.05, 0.1) is 6.10 Å². The van der Waals surface area contributed by atoms with Gasteiger partial charge in [-0.3, -0.25) is 14.7 Å². The lowest BCUT2D eigenvalue weighted by Crippen LogP contribution is -2.37. The average Bonchev–Trinajstić information content (AvgIpc) is 3.13. The van der Waals surface area contributed by atoms with Crippen molar-refractivity contribution in [2.75, 3.05) is 13.1 Å². The molecule has 4 rings (SSSR count). The molecule has 3 aliphatic rings. The second kappa shape index (κ2) is 5.97. The van der Waals surface area contributed by atoms with E-state index in [1.165, 1.54) is 19.4 Å². The summed E-state index contributed by atoms with van der Waals surface area (Å²) in [5, 5.41) is 2.98. The van der Waals surface area contributed by atoms with Crippen LogP contribution in [0.5, 0.6) is 0 Å². The van der Waals surface area contributed by atoms with Gasteiger partial charge in [-0.25, -0.2) is 0 Å². The molecular weight excluding hydrogens is 278 g/mol. The summed E-state index contributed by atoms with van der Waals surface area (Å²) >= 11 is 0. The predicted molar refractivity (Wildman–Crippen MR) is 82.1 cm³/mol. The van der Waals surface area contributed by atoms with Crippen molar-refractivity contribution >= 4 is 5.91 Å². The van der Waals surface area contributed by atoms with E-state index in [0.717, 1.165) is 30.9 Å². The predicted octanol–water partition coefficient (Wildman–Crippen LogP) is 1.34. The van der Waals surface area contributed by atoms with Crippen LogP contribution in [-0.2, 0) is 16.1 Å². The minimum absolute atomic E-state index is 0.0182. The first-order valence-corrected chi connectivity index (χ1v) is 8.36. The molecule has 5 nitrogen and oxygen atoms in total. The number of carbonyl (C=O) groups excluding carboxylic acids is 1. The SMILES string of the molecule is O=C(NCc1cccnc1)[C@@H]1C[C@H]2[C@H](CCN2CC2CC2)O1. The van der Waals surface area contributed by atoms with Gasteiger partial charge in [-0.15, -0.1) is 0 Å². The summed E-state index contributed by atoms with van der Waals surface area (Å²) in [5.74, 6) is 0.918. The standard InChI is InChI=1S/C17H23N3O2/c21-17(19-10-13-2-1-6-18-9-13)16-8-14-15(22-16)5-7-20(14)11-12-3-4-12/h1-2,6,9,12,14-16H,3-5,7-8,10-11H2,(H,19,21)/t14-,15-,16-/m0/s1. The lowest BCUT2D eigenvalue weighted by atomic mass is 10.1. The Balaban J connectivity index is 1.29. The highest BCUT2D eigenvalue weighted by Crippen LogP contribution is 2.37. The number of hydrogen-bond acceptors (Lipinski definition) is 4. The molecule has 3 fully saturated rings. The van der Waals surface area contributed by atoms with Gasteiger partial charge in [-0.2, -0.15) is 0 Å². The van der Waals surface area contributed by atoms with E-state index in [1.807, 2.05) is 12.1 Å². The van der Waals surface area contributed by atoms with E-state index >= 15 is 0 Å². The monoisotopic (exact) mass is 301 g/mol. The fourth-order valence-corrected chi connectivity index (χ4v) is 3.67. The Hall–Kier alpha value is -1.46. The van der Waals surface area contributed by atoms with Crippen molar-refractivity contribution in [1.29, 1.82) is 0 Å². The lowest BCUT2D eigenvalue weighted by molar-refractivity contribution is -0.132. The highest BCUT2D eigenvalue weighted by molar-refractivity contribution is 5.81. The van der Waals surface area contributed by atoms with Gasteiger partial charge < -0.3 is 10.1 Å². The maximum absolute atomic E-state index is 12.3. The van der Waals surface area contributed by atoms with Crippen LogP contribution in [0.1, 0.15) is 31.2 Å². The highest BCUT2D eigenvalue weighted by atomic mass is 16.5. The Morgan fingerprint density at radius 3 is 3.09 bits per heavy atom. The summed E-state index contributed by atoms with van der Waals surface area (Å²) in [6.45, 7) is 2.86. The third kappa shape index (κ3) is 3.01. The first kappa shape index (κ1) is 14.2. The summed E-state index contributed by atoms with van der Waals surface area (Å²) in [7, 11) is 0. The number of fused-ring (bicyclic) bond motifs is 1. The normalized spacial score (nSPS) is 31.2. The second-order valence-corrected chi connectivity index (χ2v) is 6.77. The highest BCUT2D eigenvalue weighted by Gasteiger charge is 2.46. The second-order valence-electron chi connectivity index (χ2n) is 6.77. The van der Waals surface area contributed by atoms with Gasteiger partial charge in [0.15, 0.2) is 0 Å². The Morgan fingerprint density at radius 1 is 1.41 bits per heavy atom. The molecule has 3 heterocycles. The lowest BCUT2D eigenvalue weighted by Gasteiger charge is -2.22. The van der Waals surface area contributed by atoms with E-state index in [4.69, 9.17) is 4.74 Å². The molecule has 118 valence electrons. The van der Waals surface area contributed by atoms with E-state index in [1.54, 1.807) is 12.4 Å². The molecule has 1 saturated carbocycles. The number of aromatic nitrogens is 1. The topological polar surface area (TPSA) is 54.5 Å². The molecular formula is C17H23N3O2. The zero-order chi connectivity index (χ0) is 14.9. The van der Waals surface area contributed by atoms with Crippen LogP contribution in [0.3, 0.4) is 0 Å². The minimum atomic E-state index is -0.284. The zero-order valence-electron chi connectivity index (χ0n) is 12.8. The van der Waals surface area contributed by atoms with E-state index in [0.29, 0.717) is 12.6 Å². The maximum atomic E-state index is 12.3. The van der Waals surface area contributed by atoms with E-state index in [-0.39, 0.29) is 18.1 Å². The number of amides is 1. The van der Waals surface area contributed by atoms with Crippen LogP contribution >= 0.6 is 0 Å². The average molecular weight is 301 g/mol. The Bertz CT molecular complexity index is 532. The van der Waals surface area contributed by atoms with Crippen molar-refractivity contribution in [2.45, 2.75) is 50.5 Å². The van der Waals surface area contributed by atoms with Gasteiger partial charge in [-0.1, -0.05) is 6.07 Å². The Labute approximate surface area is 131 Å². The van der Waals surface area contributed by atoms with Crippen LogP contribution in [-0.4, -0.2) is 47.1 Å². The van der Waals surface area contributed by atoms with Crippen LogP contribution in [0.15, 0.2) is 24.5 Å². The van der Waals surface area contributed by atoms with E-state index < -0.39 is 0 Å². The van der Waals surface area contributed by atoms with Gasteiger partial charge in [0, 0.05) is 44.5 Å². The Kier molecular flexibility index (Phi) is 3.84. The van der Waals surface area contributed by atoms with Crippen molar-refractivity contribution in [3.63, 3.8) is 0 Å². The molecule has 1 N–H and O–H groups in total. The molecule has 1 amide bonds. The summed E-state index contributed by atoms with van der Waals surface area (Å²) in [6.07, 6.45) is 8.16. The molecule has 0 unspecified atom stereocenters. The number of nitrogens with zero attached hydrogens (tertiary/aromatic N) is 2. The molecule has 1 aliphatic carbocycles. The number of rotatable bonds is 5. The molecule has 5 heteroatoms. The van der Waals surface area contributed by atoms with Crippen molar-refractivity contribution in [3.05, 3.63) is 30.1 Å². The molecule has 1 aromatic rings. The number of hydrogen-bond donors (Lipinski definition) is 1. The van der Waals surface area contributed by atoms with Crippen molar-refractivity contribution < 1.29 is 9.53 Å². The Morgan fingerprint density at radius 2 is 2.32 bits per heavy atom. The summed E-state index contributed by atoms with van der Waals surface area (Å²) in [4.78, 5) is 18.9. The van der Waals surface area contributed by atoms with Gasteiger partial charge >= 0.3 is 0 Å². The van der Waals surface area contributed by atoms with Gasteiger partial charge in [0.1, 0.15) is 6.10 Å². The van der Waals surface area contributed by atoms with Crippen LogP contribution < -0.4 is 5.32 Å². The maximum Gasteiger partial charge on any atom is 0.249 e. The summed E-state index contributed by atoms with van der Waals surface area (Å²) in [5.41, 5.74) is 1.02. The fourth-order valence-electron chi connectivity index (χ4n) is 3.67. The molecule has 0 spiro atoms. The first-order chi connectivity index (χ1) is 10.8. The van der Waals surface area contributed by atoms with Crippen molar-refractivity contribution in [2.24, 2.45) is 5.92 Å². The van der Waals surface area contributed by atoms with Crippen molar-refractivity contribution in [1.82, 2.24) is 15.2 Å². The number of nitrogens with one attached hydrogen (secondary N) is 1. The minimum Gasteiger partial charge on any atom is -0.363 e. The molecule has 0 aromatic carbocycles. The van der Waals surface area contributed by atoms with Crippen LogP contribution in [0.4, 0.5) is 0 Å². The van der Waals surface area contributed by atoms with E-state index in [2.05, 4.69) is 15.2 Å². The van der Waals surface area contributed by atoms with Crippen LogP contribution in [0.25, 0.3) is 0 Å². The summed E-state index contributed by atoms with van der Waals surface area (Å²) < 4.78 is 6.00. The first-order valence-electron chi connectivity index (χ1n) is 8.36. The smallest absolute Gasteiger partial charge is 0.249 e. The molecule has 0 bridgehead atoms. The van der Waals surface area contributed by atoms with E-state index in [9.17, 15) is 4.79 Å². The molecule has 2 aliphatic heterocycles. The van der Waals surface area contributed by atoms with Crippen LogP contribution in [0.2, 0.25) is 0 Å². The van der Waals surface area contributed by atoms with Crippen LogP contribution in [0, 0.1) is 5.92 Å². The summed E-state index contributed by atoms with van der Waals surface area (Å²) in [6, 6.07) is 4.30. The molecule has 22 heavy (non-hydrogen) atoms. The van der Waals surface area contributed by atoms with Crippen molar-refractivity contribution in [3.8, 4) is 0 Å². The number of carbonyl (C=O) groups is 1. The van der Waals surface area contributed by atoms with Gasteiger partial charge in [0.2, 0.25) is 5.91 Å². The quantitative estimate of drug-likeness (QED) is 0.892. The number of likely N-dealkylation sites (tertiary alicyclic amines) is 1. The fraction of sp³-hybridized carbons (Fsp3) is 0.647. The zero-order valence-corrected chi connectivity index (χ0v) is 12.8. The largest absolute Gasteiger partial charge is 0.363 e. The number of ether oxygens (including phenoxy) is 1. The number of pyridine rings is 1. The van der Waals surface area contributed by atoms with Gasteiger partial charge in [-0.05, 0) is 36.8 Å². The molecule has 3 atom stereocenters. The third-order valence-electron chi connectivity index (χ3n) is 5.07. The molecule has 0 radical (unpaired) electrons. The third-order valence-corrected chi connectivity index (χ3v) is 5.07.